The zero-order valence-corrected chi connectivity index (χ0v) is 31.2. The van der Waals surface area contributed by atoms with Crippen molar-refractivity contribution in [3.05, 3.63) is 128 Å². The van der Waals surface area contributed by atoms with Crippen LogP contribution in [0.3, 0.4) is 0 Å². The van der Waals surface area contributed by atoms with Crippen LogP contribution in [0, 0.1) is 0 Å². The molecule has 0 radical (unpaired) electrons. The van der Waals surface area contributed by atoms with E-state index in [0.717, 1.165) is 11.1 Å². The molecule has 54 heavy (non-hydrogen) atoms. The summed E-state index contributed by atoms with van der Waals surface area (Å²) >= 11 is 12.6. The topological polar surface area (TPSA) is 156 Å². The van der Waals surface area contributed by atoms with Gasteiger partial charge in [-0.05, 0) is 36.4 Å². The van der Waals surface area contributed by atoms with Crippen LogP contribution in [0.1, 0.15) is 0 Å². The molecule has 0 aliphatic heterocycles. The van der Waals surface area contributed by atoms with E-state index in [2.05, 4.69) is 10.6 Å². The number of benzene rings is 4. The van der Waals surface area contributed by atoms with Crippen LogP contribution in [0.5, 0.6) is 11.5 Å². The Labute approximate surface area is 319 Å². The first kappa shape index (κ1) is 39.5. The lowest BCUT2D eigenvalue weighted by atomic mass is 10.0. The second kappa shape index (κ2) is 18.4. The van der Waals surface area contributed by atoms with Gasteiger partial charge < -0.3 is 38.4 Å². The maximum Gasteiger partial charge on any atom is 0.336 e. The highest BCUT2D eigenvalue weighted by atomic mass is 35.5. The molecule has 14 heteroatoms. The molecule has 0 saturated heterocycles. The van der Waals surface area contributed by atoms with Crippen molar-refractivity contribution in [1.29, 1.82) is 0 Å². The number of hydrogen-bond donors (Lipinski definition) is 2. The standard InChI is InChI=1S/2C20H18ClNO5/c2*1-22-20(24)18(11-25-2)26-12-7-8-14-15(10-19(23)27-17(14)9-12)13-5-3-4-6-16(13)21/h2*3-10,18H,11H2,1-2H3,(H,22,24). The van der Waals surface area contributed by atoms with E-state index in [1.807, 2.05) is 36.4 Å². The average Bonchev–Trinajstić information content (AvgIpc) is 3.16. The molecule has 2 aromatic heterocycles. The van der Waals surface area contributed by atoms with Crippen molar-refractivity contribution in [1.82, 2.24) is 10.6 Å². The monoisotopic (exact) mass is 774 g/mol. The molecule has 0 saturated carbocycles. The van der Waals surface area contributed by atoms with Gasteiger partial charge in [-0.3, -0.25) is 9.59 Å². The van der Waals surface area contributed by atoms with Gasteiger partial charge in [0.1, 0.15) is 22.7 Å². The van der Waals surface area contributed by atoms with Crippen molar-refractivity contribution in [2.24, 2.45) is 0 Å². The van der Waals surface area contributed by atoms with Gasteiger partial charge in [0, 0.05) is 95.7 Å². The smallest absolute Gasteiger partial charge is 0.336 e. The molecule has 2 N–H and O–H groups in total. The quantitative estimate of drug-likeness (QED) is 0.132. The number of methoxy groups -OCH3 is 2. The Hall–Kier alpha value is -5.66. The zero-order valence-electron chi connectivity index (χ0n) is 29.6. The van der Waals surface area contributed by atoms with Crippen LogP contribution in [0.4, 0.5) is 0 Å². The number of rotatable bonds is 12. The minimum absolute atomic E-state index is 0.0846. The highest BCUT2D eigenvalue weighted by Crippen LogP contribution is 2.35. The number of nitrogens with one attached hydrogen (secondary N) is 2. The lowest BCUT2D eigenvalue weighted by Gasteiger charge is -2.17. The average molecular weight is 776 g/mol. The summed E-state index contributed by atoms with van der Waals surface area (Å²) in [6.07, 6.45) is -1.65. The van der Waals surface area contributed by atoms with Crippen LogP contribution in [0.2, 0.25) is 10.0 Å². The first-order chi connectivity index (χ1) is 26.1. The number of halogens is 2. The van der Waals surface area contributed by atoms with E-state index in [0.29, 0.717) is 54.6 Å². The summed E-state index contributed by atoms with van der Waals surface area (Å²) in [6.45, 7) is 0.169. The molecule has 6 aromatic rings. The van der Waals surface area contributed by atoms with Crippen molar-refractivity contribution >= 4 is 57.0 Å². The van der Waals surface area contributed by atoms with E-state index in [1.54, 1.807) is 48.5 Å². The SMILES string of the molecule is CNC(=O)C(COC)Oc1ccc2c(-c3ccccc3Cl)cc(=O)oc2c1.CNC(=O)C(COC)Oc1ccc2c(-c3ccccc3Cl)cc(=O)oc2c1. The number of likely N-dealkylation sites (N-methyl/N-ethyl adjacent to an activating group) is 2. The lowest BCUT2D eigenvalue weighted by molar-refractivity contribution is -0.130. The largest absolute Gasteiger partial charge is 0.478 e. The van der Waals surface area contributed by atoms with Crippen LogP contribution < -0.4 is 31.4 Å². The third-order valence-electron chi connectivity index (χ3n) is 8.03. The molecule has 2 unspecified atom stereocenters. The number of carbonyl (C=O) groups excluding carboxylic acids is 2. The number of amides is 2. The van der Waals surface area contributed by atoms with Crippen molar-refractivity contribution < 1.29 is 37.4 Å². The second-order valence-electron chi connectivity index (χ2n) is 11.6. The van der Waals surface area contributed by atoms with Crippen molar-refractivity contribution in [3.8, 4) is 33.8 Å². The van der Waals surface area contributed by atoms with Crippen LogP contribution in [-0.4, -0.2) is 65.6 Å². The lowest BCUT2D eigenvalue weighted by Crippen LogP contribution is -2.39. The molecule has 0 aliphatic carbocycles. The summed E-state index contributed by atoms with van der Waals surface area (Å²) in [4.78, 5) is 47.9. The summed E-state index contributed by atoms with van der Waals surface area (Å²) in [5.41, 5.74) is 2.45. The summed E-state index contributed by atoms with van der Waals surface area (Å²) in [5.74, 6) is 0.131. The zero-order chi connectivity index (χ0) is 38.8. The first-order valence-electron chi connectivity index (χ1n) is 16.5. The normalized spacial score (nSPS) is 12.0. The van der Waals surface area contributed by atoms with E-state index in [9.17, 15) is 19.2 Å². The fourth-order valence-electron chi connectivity index (χ4n) is 5.52. The predicted octanol–water partition coefficient (Wildman–Crippen LogP) is 6.51. The van der Waals surface area contributed by atoms with Crippen molar-refractivity contribution in [3.63, 3.8) is 0 Å². The van der Waals surface area contributed by atoms with E-state index in [1.165, 1.54) is 40.4 Å². The van der Waals surface area contributed by atoms with Crippen LogP contribution >= 0.6 is 23.2 Å². The second-order valence-corrected chi connectivity index (χ2v) is 12.4. The Balaban J connectivity index is 0.000000208. The van der Waals surface area contributed by atoms with Gasteiger partial charge in [-0.15, -0.1) is 0 Å². The molecule has 0 spiro atoms. The van der Waals surface area contributed by atoms with Gasteiger partial charge in [0.2, 0.25) is 0 Å². The van der Waals surface area contributed by atoms with Gasteiger partial charge in [0.25, 0.3) is 11.8 Å². The van der Waals surface area contributed by atoms with Gasteiger partial charge in [0.05, 0.1) is 13.2 Å². The molecule has 2 amide bonds. The molecule has 2 heterocycles. The Kier molecular flexibility index (Phi) is 13.5. The Bertz CT molecular complexity index is 2230. The molecular weight excluding hydrogens is 739 g/mol. The number of hydrogen-bond acceptors (Lipinski definition) is 10. The Morgan fingerprint density at radius 3 is 1.33 bits per heavy atom. The molecule has 12 nitrogen and oxygen atoms in total. The van der Waals surface area contributed by atoms with E-state index >= 15 is 0 Å². The predicted molar refractivity (Wildman–Crippen MR) is 207 cm³/mol. The van der Waals surface area contributed by atoms with E-state index < -0.39 is 23.5 Å². The molecule has 0 bridgehead atoms. The number of carbonyl (C=O) groups is 2. The molecule has 2 atom stereocenters. The summed E-state index contributed by atoms with van der Waals surface area (Å²) in [7, 11) is 6.00. The van der Waals surface area contributed by atoms with Crippen LogP contribution in [0.15, 0.2) is 115 Å². The fraction of sp³-hybridized carbons (Fsp3) is 0.200. The maximum absolute atomic E-state index is 12.0. The third kappa shape index (κ3) is 9.46. The fourth-order valence-corrected chi connectivity index (χ4v) is 5.99. The minimum Gasteiger partial charge on any atom is -0.478 e. The minimum atomic E-state index is -0.823. The van der Waals surface area contributed by atoms with E-state index in [-0.39, 0.29) is 25.0 Å². The van der Waals surface area contributed by atoms with E-state index in [4.69, 9.17) is 51.0 Å². The third-order valence-corrected chi connectivity index (χ3v) is 8.69. The van der Waals surface area contributed by atoms with Crippen LogP contribution in [-0.2, 0) is 19.1 Å². The van der Waals surface area contributed by atoms with Gasteiger partial charge in [-0.25, -0.2) is 9.59 Å². The van der Waals surface area contributed by atoms with Gasteiger partial charge in [-0.2, -0.15) is 0 Å². The van der Waals surface area contributed by atoms with Crippen LogP contribution in [0.25, 0.3) is 44.2 Å². The summed E-state index contributed by atoms with van der Waals surface area (Å²) in [5, 5.41) is 7.52. The summed E-state index contributed by atoms with van der Waals surface area (Å²) in [6, 6.07) is 27.4. The van der Waals surface area contributed by atoms with Crippen molar-refractivity contribution in [2.45, 2.75) is 12.2 Å². The molecule has 0 aliphatic rings. The van der Waals surface area contributed by atoms with Crippen molar-refractivity contribution in [2.75, 3.05) is 41.5 Å². The highest BCUT2D eigenvalue weighted by molar-refractivity contribution is 6.34. The Morgan fingerprint density at radius 2 is 0.981 bits per heavy atom. The number of fused-ring (bicyclic) bond motifs is 2. The molecule has 0 fully saturated rings. The number of ether oxygens (including phenoxy) is 4. The summed E-state index contributed by atoms with van der Waals surface area (Å²) < 4.78 is 32.1. The molecule has 6 rings (SSSR count). The molecule has 280 valence electrons. The molecule has 4 aromatic carbocycles. The first-order valence-corrected chi connectivity index (χ1v) is 17.2. The van der Waals surface area contributed by atoms with Gasteiger partial charge >= 0.3 is 11.3 Å². The van der Waals surface area contributed by atoms with Gasteiger partial charge in [0.15, 0.2) is 12.2 Å². The highest BCUT2D eigenvalue weighted by Gasteiger charge is 2.21. The van der Waals surface area contributed by atoms with Gasteiger partial charge in [-0.1, -0.05) is 59.6 Å². The Morgan fingerprint density at radius 1 is 0.593 bits per heavy atom. The molecular formula is C40H36Cl2N2O10. The maximum atomic E-state index is 12.0.